The third kappa shape index (κ3) is 5.08. The second kappa shape index (κ2) is 9.53. The molecule has 0 aliphatic carbocycles. The van der Waals surface area contributed by atoms with Crippen molar-refractivity contribution in [2.24, 2.45) is 0 Å². The minimum atomic E-state index is -0.227. The van der Waals surface area contributed by atoms with Gasteiger partial charge in [-0.25, -0.2) is 4.39 Å². The van der Waals surface area contributed by atoms with Crippen LogP contribution in [0, 0.1) is 5.82 Å². The lowest BCUT2D eigenvalue weighted by Gasteiger charge is -2.19. The summed E-state index contributed by atoms with van der Waals surface area (Å²) in [5.41, 5.74) is 2.02. The zero-order valence-corrected chi connectivity index (χ0v) is 16.0. The van der Waals surface area contributed by atoms with E-state index in [1.165, 1.54) is 12.1 Å². The molecule has 0 amide bonds. The molecule has 0 bridgehead atoms. The SMILES string of the molecule is CCN(CCCOc1ccc2c(ccn2-c2ccc(F)cc2)c1)CCOC. The molecule has 144 valence electrons. The first kappa shape index (κ1) is 19.4. The molecule has 0 atom stereocenters. The Bertz CT molecular complexity index is 845. The molecule has 3 aromatic rings. The lowest BCUT2D eigenvalue weighted by atomic mass is 10.2. The molecule has 0 N–H and O–H groups in total. The van der Waals surface area contributed by atoms with Crippen molar-refractivity contribution in [3.05, 3.63) is 60.5 Å². The average molecular weight is 370 g/mol. The third-order valence-electron chi connectivity index (χ3n) is 4.71. The van der Waals surface area contributed by atoms with Gasteiger partial charge in [0.05, 0.1) is 18.7 Å². The zero-order chi connectivity index (χ0) is 19.1. The topological polar surface area (TPSA) is 26.6 Å². The van der Waals surface area contributed by atoms with Crippen LogP contribution in [0.25, 0.3) is 16.6 Å². The fourth-order valence-corrected chi connectivity index (χ4v) is 3.16. The first-order chi connectivity index (χ1) is 13.2. The Kier molecular flexibility index (Phi) is 6.85. The summed E-state index contributed by atoms with van der Waals surface area (Å²) in [5.74, 6) is 0.647. The number of nitrogens with zero attached hydrogens (tertiary/aromatic N) is 2. The van der Waals surface area contributed by atoms with Crippen LogP contribution in [-0.4, -0.2) is 49.4 Å². The molecule has 4 nitrogen and oxygen atoms in total. The summed E-state index contributed by atoms with van der Waals surface area (Å²) in [5, 5.41) is 1.10. The van der Waals surface area contributed by atoms with Gasteiger partial charge in [0.1, 0.15) is 11.6 Å². The first-order valence-electron chi connectivity index (χ1n) is 9.42. The first-order valence-corrected chi connectivity index (χ1v) is 9.42. The van der Waals surface area contributed by atoms with Gasteiger partial charge < -0.3 is 18.9 Å². The Hall–Kier alpha value is -2.37. The van der Waals surface area contributed by atoms with E-state index in [-0.39, 0.29) is 5.82 Å². The fourth-order valence-electron chi connectivity index (χ4n) is 3.16. The van der Waals surface area contributed by atoms with Crippen LogP contribution in [0.15, 0.2) is 54.7 Å². The maximum atomic E-state index is 13.1. The van der Waals surface area contributed by atoms with Gasteiger partial charge in [0.2, 0.25) is 0 Å². The molecule has 0 fully saturated rings. The van der Waals surface area contributed by atoms with E-state index < -0.39 is 0 Å². The largest absolute Gasteiger partial charge is 0.494 e. The highest BCUT2D eigenvalue weighted by atomic mass is 19.1. The van der Waals surface area contributed by atoms with Gasteiger partial charge in [0.15, 0.2) is 0 Å². The van der Waals surface area contributed by atoms with E-state index >= 15 is 0 Å². The van der Waals surface area contributed by atoms with Crippen molar-refractivity contribution in [2.45, 2.75) is 13.3 Å². The van der Waals surface area contributed by atoms with Crippen molar-refractivity contribution in [3.8, 4) is 11.4 Å². The lowest BCUT2D eigenvalue weighted by molar-refractivity contribution is 0.146. The van der Waals surface area contributed by atoms with Crippen LogP contribution in [0.3, 0.4) is 0 Å². The number of benzene rings is 2. The summed E-state index contributed by atoms with van der Waals surface area (Å²) in [6.45, 7) is 6.59. The van der Waals surface area contributed by atoms with Crippen molar-refractivity contribution >= 4 is 10.9 Å². The molecule has 5 heteroatoms. The Morgan fingerprint density at radius 2 is 1.81 bits per heavy atom. The molecule has 0 spiro atoms. The summed E-state index contributed by atoms with van der Waals surface area (Å²) in [6.07, 6.45) is 2.97. The molecule has 0 aliphatic rings. The van der Waals surface area contributed by atoms with E-state index in [0.717, 1.165) is 55.0 Å². The smallest absolute Gasteiger partial charge is 0.123 e. The van der Waals surface area contributed by atoms with Gasteiger partial charge in [-0.2, -0.15) is 0 Å². The minimum Gasteiger partial charge on any atom is -0.494 e. The molecule has 0 saturated carbocycles. The van der Waals surface area contributed by atoms with Gasteiger partial charge in [-0.3, -0.25) is 0 Å². The van der Waals surface area contributed by atoms with E-state index in [2.05, 4.69) is 24.0 Å². The summed E-state index contributed by atoms with van der Waals surface area (Å²) in [6, 6.07) is 14.7. The highest BCUT2D eigenvalue weighted by Gasteiger charge is 2.06. The number of rotatable bonds is 10. The number of likely N-dealkylation sites (N-methyl/N-ethyl adjacent to an activating group) is 1. The van der Waals surface area contributed by atoms with E-state index in [1.54, 1.807) is 19.2 Å². The second-order valence-corrected chi connectivity index (χ2v) is 6.51. The summed E-state index contributed by atoms with van der Waals surface area (Å²) < 4.78 is 26.3. The zero-order valence-electron chi connectivity index (χ0n) is 16.0. The minimum absolute atomic E-state index is 0.227. The number of ether oxygens (including phenoxy) is 2. The van der Waals surface area contributed by atoms with Crippen LogP contribution >= 0.6 is 0 Å². The molecule has 27 heavy (non-hydrogen) atoms. The predicted octanol–water partition coefficient (Wildman–Crippen LogP) is 4.51. The number of hydrogen-bond acceptors (Lipinski definition) is 3. The van der Waals surface area contributed by atoms with Crippen molar-refractivity contribution in [1.82, 2.24) is 9.47 Å². The van der Waals surface area contributed by atoms with Crippen molar-refractivity contribution < 1.29 is 13.9 Å². The summed E-state index contributed by atoms with van der Waals surface area (Å²) in [7, 11) is 1.73. The molecular formula is C22H27FN2O2. The monoisotopic (exact) mass is 370 g/mol. The lowest BCUT2D eigenvalue weighted by Crippen LogP contribution is -2.29. The van der Waals surface area contributed by atoms with E-state index in [0.29, 0.717) is 6.61 Å². The number of hydrogen-bond donors (Lipinski definition) is 0. The molecule has 1 aromatic heterocycles. The van der Waals surface area contributed by atoms with Crippen LogP contribution in [-0.2, 0) is 4.74 Å². The van der Waals surface area contributed by atoms with E-state index in [9.17, 15) is 4.39 Å². The van der Waals surface area contributed by atoms with Crippen molar-refractivity contribution in [2.75, 3.05) is 40.0 Å². The van der Waals surface area contributed by atoms with Crippen molar-refractivity contribution in [1.29, 1.82) is 0 Å². The molecule has 0 saturated heterocycles. The Balaban J connectivity index is 1.58. The molecule has 2 aromatic carbocycles. The van der Waals surface area contributed by atoms with Gasteiger partial charge in [0.25, 0.3) is 0 Å². The van der Waals surface area contributed by atoms with Gasteiger partial charge >= 0.3 is 0 Å². The Labute approximate surface area is 160 Å². The molecule has 0 unspecified atom stereocenters. The molecule has 0 radical (unpaired) electrons. The number of fused-ring (bicyclic) bond motifs is 1. The van der Waals surface area contributed by atoms with Gasteiger partial charge in [-0.1, -0.05) is 6.92 Å². The van der Waals surface area contributed by atoms with Gasteiger partial charge in [-0.15, -0.1) is 0 Å². The normalized spacial score (nSPS) is 11.4. The molecule has 3 rings (SSSR count). The highest BCUT2D eigenvalue weighted by Crippen LogP contribution is 2.25. The highest BCUT2D eigenvalue weighted by molar-refractivity contribution is 5.83. The molecule has 1 heterocycles. The van der Waals surface area contributed by atoms with Crippen molar-refractivity contribution in [3.63, 3.8) is 0 Å². The van der Waals surface area contributed by atoms with Gasteiger partial charge in [-0.05, 0) is 61.5 Å². The van der Waals surface area contributed by atoms with Crippen LogP contribution in [0.5, 0.6) is 5.75 Å². The molecular weight excluding hydrogens is 343 g/mol. The number of methoxy groups -OCH3 is 1. The maximum Gasteiger partial charge on any atom is 0.123 e. The molecule has 0 aliphatic heterocycles. The number of halogens is 1. The van der Waals surface area contributed by atoms with E-state index in [1.807, 2.05) is 22.9 Å². The van der Waals surface area contributed by atoms with Crippen LogP contribution in [0.4, 0.5) is 4.39 Å². The van der Waals surface area contributed by atoms with Gasteiger partial charge in [0, 0.05) is 37.5 Å². The van der Waals surface area contributed by atoms with E-state index in [4.69, 9.17) is 9.47 Å². The Morgan fingerprint density at radius 1 is 1.00 bits per heavy atom. The number of aromatic nitrogens is 1. The van der Waals surface area contributed by atoms with Crippen LogP contribution in [0.2, 0.25) is 0 Å². The predicted molar refractivity (Wildman–Crippen MR) is 107 cm³/mol. The standard InChI is InChI=1S/C22H27FN2O2/c1-3-24(14-16-26-2)12-4-15-27-21-9-10-22-18(17-21)11-13-25(22)20-7-5-19(23)6-8-20/h5-11,13,17H,3-4,12,14-16H2,1-2H3. The second-order valence-electron chi connectivity index (χ2n) is 6.51. The summed E-state index contributed by atoms with van der Waals surface area (Å²) in [4.78, 5) is 2.36. The van der Waals surface area contributed by atoms with Crippen LogP contribution in [0.1, 0.15) is 13.3 Å². The average Bonchev–Trinajstić information content (AvgIpc) is 3.11. The maximum absolute atomic E-state index is 13.1. The Morgan fingerprint density at radius 3 is 2.56 bits per heavy atom. The third-order valence-corrected chi connectivity index (χ3v) is 4.71. The summed E-state index contributed by atoms with van der Waals surface area (Å²) >= 11 is 0. The van der Waals surface area contributed by atoms with Crippen LogP contribution < -0.4 is 4.74 Å². The quantitative estimate of drug-likeness (QED) is 0.491. The fraction of sp³-hybridized carbons (Fsp3) is 0.364.